The molecule has 1 unspecified atom stereocenters. The summed E-state index contributed by atoms with van der Waals surface area (Å²) in [6, 6.07) is 5.08. The van der Waals surface area contributed by atoms with Gasteiger partial charge in [-0.1, -0.05) is 0 Å². The first-order valence-corrected chi connectivity index (χ1v) is 5.41. The highest BCUT2D eigenvalue weighted by Gasteiger charge is 2.25. The van der Waals surface area contributed by atoms with Crippen LogP contribution in [-0.4, -0.2) is 29.2 Å². The van der Waals surface area contributed by atoms with Crippen LogP contribution < -0.4 is 4.74 Å². The van der Waals surface area contributed by atoms with Gasteiger partial charge >= 0.3 is 0 Å². The number of phenols is 1. The van der Waals surface area contributed by atoms with E-state index >= 15 is 0 Å². The molecule has 88 valence electrons. The number of benzene rings is 1. The topological polar surface area (TPSA) is 58.9 Å². The Bertz CT molecular complexity index is 364. The Labute approximate surface area is 94.4 Å². The highest BCUT2D eigenvalue weighted by molar-refractivity contribution is 5.38. The van der Waals surface area contributed by atoms with Crippen molar-refractivity contribution in [1.29, 1.82) is 0 Å². The molecule has 0 radical (unpaired) electrons. The summed E-state index contributed by atoms with van der Waals surface area (Å²) in [4.78, 5) is 0. The Hall–Kier alpha value is -1.26. The second-order valence-electron chi connectivity index (χ2n) is 4.01. The van der Waals surface area contributed by atoms with Crippen molar-refractivity contribution in [3.8, 4) is 11.5 Å². The highest BCUT2D eigenvalue weighted by atomic mass is 16.7. The maximum atomic E-state index is 9.36. The van der Waals surface area contributed by atoms with Crippen LogP contribution in [-0.2, 0) is 4.74 Å². The molecule has 1 aliphatic heterocycles. The third-order valence-electron chi connectivity index (χ3n) is 2.71. The van der Waals surface area contributed by atoms with Gasteiger partial charge in [-0.3, -0.25) is 0 Å². The van der Waals surface area contributed by atoms with Gasteiger partial charge in [0.25, 0.3) is 0 Å². The van der Waals surface area contributed by atoms with E-state index in [0.29, 0.717) is 5.75 Å². The minimum absolute atomic E-state index is 0.0362. The lowest BCUT2D eigenvalue weighted by atomic mass is 10.2. The summed E-state index contributed by atoms with van der Waals surface area (Å²) in [6.45, 7) is 1.85. The number of rotatable bonds is 3. The molecule has 0 aliphatic carbocycles. The number of aryl methyl sites for hydroxylation is 1. The first-order valence-electron chi connectivity index (χ1n) is 5.41. The molecular formula is C12H16O4. The Balaban J connectivity index is 1.97. The molecule has 1 aromatic carbocycles. The van der Waals surface area contributed by atoms with E-state index in [2.05, 4.69) is 0 Å². The van der Waals surface area contributed by atoms with Crippen LogP contribution >= 0.6 is 0 Å². The Morgan fingerprint density at radius 2 is 2.25 bits per heavy atom. The van der Waals surface area contributed by atoms with Crippen LogP contribution in [0.25, 0.3) is 0 Å². The summed E-state index contributed by atoms with van der Waals surface area (Å²) >= 11 is 0. The Morgan fingerprint density at radius 1 is 1.44 bits per heavy atom. The summed E-state index contributed by atoms with van der Waals surface area (Å²) in [7, 11) is 0. The van der Waals surface area contributed by atoms with Crippen molar-refractivity contribution in [3.05, 3.63) is 23.8 Å². The molecule has 4 heteroatoms. The van der Waals surface area contributed by atoms with E-state index in [1.807, 2.05) is 6.92 Å². The fourth-order valence-electron chi connectivity index (χ4n) is 1.75. The molecule has 4 nitrogen and oxygen atoms in total. The molecule has 0 amide bonds. The quantitative estimate of drug-likeness (QED) is 0.818. The van der Waals surface area contributed by atoms with Crippen LogP contribution in [0, 0.1) is 6.92 Å². The second-order valence-corrected chi connectivity index (χ2v) is 4.01. The van der Waals surface area contributed by atoms with E-state index in [-0.39, 0.29) is 24.8 Å². The van der Waals surface area contributed by atoms with E-state index in [4.69, 9.17) is 14.6 Å². The summed E-state index contributed by atoms with van der Waals surface area (Å²) in [5, 5.41) is 18.3. The van der Waals surface area contributed by atoms with E-state index in [9.17, 15) is 5.11 Å². The standard InChI is InChI=1S/C12H16O4/c1-8-6-9(2-4-11(8)14)15-12-5-3-10(7-13)16-12/h2,4,6,10,12-14H,3,5,7H2,1H3/t10-,12?/m0/s1. The summed E-state index contributed by atoms with van der Waals surface area (Å²) < 4.78 is 11.0. The Kier molecular flexibility index (Phi) is 3.31. The van der Waals surface area contributed by atoms with Gasteiger partial charge in [0.05, 0.1) is 12.7 Å². The predicted molar refractivity (Wildman–Crippen MR) is 58.5 cm³/mol. The van der Waals surface area contributed by atoms with Crippen molar-refractivity contribution in [3.63, 3.8) is 0 Å². The van der Waals surface area contributed by atoms with Crippen LogP contribution in [0.1, 0.15) is 18.4 Å². The largest absolute Gasteiger partial charge is 0.508 e. The molecule has 1 aromatic rings. The number of phenolic OH excluding ortho intramolecular Hbond substituents is 1. The van der Waals surface area contributed by atoms with Gasteiger partial charge in [-0.15, -0.1) is 0 Å². The predicted octanol–water partition coefficient (Wildman–Crippen LogP) is 1.58. The second kappa shape index (κ2) is 4.72. The maximum absolute atomic E-state index is 9.36. The van der Waals surface area contributed by atoms with E-state index in [1.54, 1.807) is 18.2 Å². The number of aliphatic hydroxyl groups is 1. The van der Waals surface area contributed by atoms with Crippen LogP contribution in [0.3, 0.4) is 0 Å². The van der Waals surface area contributed by atoms with E-state index in [1.165, 1.54) is 0 Å². The summed E-state index contributed by atoms with van der Waals surface area (Å²) in [5.41, 5.74) is 0.772. The third-order valence-corrected chi connectivity index (χ3v) is 2.71. The van der Waals surface area contributed by atoms with Gasteiger partial charge in [0, 0.05) is 6.42 Å². The van der Waals surface area contributed by atoms with Crippen LogP contribution in [0.4, 0.5) is 0 Å². The van der Waals surface area contributed by atoms with Crippen molar-refractivity contribution in [2.24, 2.45) is 0 Å². The first kappa shape index (κ1) is 11.2. The van der Waals surface area contributed by atoms with Gasteiger partial charge in [-0.05, 0) is 37.1 Å². The minimum Gasteiger partial charge on any atom is -0.508 e. The zero-order valence-corrected chi connectivity index (χ0v) is 9.22. The lowest BCUT2D eigenvalue weighted by molar-refractivity contribution is -0.0850. The number of hydrogen-bond acceptors (Lipinski definition) is 4. The summed E-state index contributed by atoms with van der Waals surface area (Å²) in [5.74, 6) is 0.937. The number of hydrogen-bond donors (Lipinski definition) is 2. The molecule has 0 saturated carbocycles. The molecule has 0 spiro atoms. The fourth-order valence-corrected chi connectivity index (χ4v) is 1.75. The summed E-state index contributed by atoms with van der Waals surface area (Å²) in [6.07, 6.45) is 1.20. The van der Waals surface area contributed by atoms with Crippen LogP contribution in [0.2, 0.25) is 0 Å². The van der Waals surface area contributed by atoms with Crippen molar-refractivity contribution in [2.75, 3.05) is 6.61 Å². The van der Waals surface area contributed by atoms with Crippen molar-refractivity contribution in [2.45, 2.75) is 32.2 Å². The van der Waals surface area contributed by atoms with Gasteiger partial charge in [0.1, 0.15) is 11.5 Å². The average Bonchev–Trinajstić information content (AvgIpc) is 2.71. The van der Waals surface area contributed by atoms with Gasteiger partial charge in [0.2, 0.25) is 0 Å². The van der Waals surface area contributed by atoms with E-state index < -0.39 is 0 Å². The van der Waals surface area contributed by atoms with Gasteiger partial charge < -0.3 is 19.7 Å². The van der Waals surface area contributed by atoms with Gasteiger partial charge in [-0.2, -0.15) is 0 Å². The van der Waals surface area contributed by atoms with E-state index in [0.717, 1.165) is 18.4 Å². The number of ether oxygens (including phenoxy) is 2. The number of aromatic hydroxyl groups is 1. The van der Waals surface area contributed by atoms with Crippen molar-refractivity contribution < 1.29 is 19.7 Å². The first-order chi connectivity index (χ1) is 7.69. The lowest BCUT2D eigenvalue weighted by Gasteiger charge is -2.15. The smallest absolute Gasteiger partial charge is 0.200 e. The minimum atomic E-state index is -0.291. The molecule has 16 heavy (non-hydrogen) atoms. The monoisotopic (exact) mass is 224 g/mol. The molecule has 1 fully saturated rings. The highest BCUT2D eigenvalue weighted by Crippen LogP contribution is 2.26. The zero-order chi connectivity index (χ0) is 11.5. The van der Waals surface area contributed by atoms with Crippen LogP contribution in [0.15, 0.2) is 18.2 Å². The zero-order valence-electron chi connectivity index (χ0n) is 9.22. The third kappa shape index (κ3) is 2.46. The molecule has 1 aliphatic rings. The molecular weight excluding hydrogens is 208 g/mol. The number of aliphatic hydroxyl groups excluding tert-OH is 1. The maximum Gasteiger partial charge on any atom is 0.200 e. The molecule has 0 bridgehead atoms. The van der Waals surface area contributed by atoms with Crippen LogP contribution in [0.5, 0.6) is 11.5 Å². The van der Waals surface area contributed by atoms with Crippen molar-refractivity contribution >= 4 is 0 Å². The molecule has 2 N–H and O–H groups in total. The Morgan fingerprint density at radius 3 is 2.88 bits per heavy atom. The molecule has 0 aromatic heterocycles. The molecule has 2 rings (SSSR count). The molecule has 1 saturated heterocycles. The molecule has 1 heterocycles. The lowest BCUT2D eigenvalue weighted by Crippen LogP contribution is -2.19. The average molecular weight is 224 g/mol. The SMILES string of the molecule is Cc1cc(OC2CC[C@@H](CO)O2)ccc1O. The van der Waals surface area contributed by atoms with Crippen molar-refractivity contribution in [1.82, 2.24) is 0 Å². The fraction of sp³-hybridized carbons (Fsp3) is 0.500. The van der Waals surface area contributed by atoms with Gasteiger partial charge in [-0.25, -0.2) is 0 Å². The van der Waals surface area contributed by atoms with Gasteiger partial charge in [0.15, 0.2) is 6.29 Å². The molecule has 2 atom stereocenters. The normalized spacial score (nSPS) is 24.6.